The van der Waals surface area contributed by atoms with Crippen LogP contribution in [0.15, 0.2) is 12.3 Å². The van der Waals surface area contributed by atoms with Crippen LogP contribution >= 0.6 is 0 Å². The average Bonchev–Trinajstić information content (AvgIpc) is 2.60. The van der Waals surface area contributed by atoms with E-state index in [0.717, 1.165) is 16.6 Å². The quantitative estimate of drug-likeness (QED) is 0.633. The van der Waals surface area contributed by atoms with Crippen LogP contribution in [0.25, 0.3) is 10.9 Å². The second-order valence-corrected chi connectivity index (χ2v) is 2.84. The van der Waals surface area contributed by atoms with Gasteiger partial charge in [-0.15, -0.1) is 0 Å². The van der Waals surface area contributed by atoms with Crippen LogP contribution in [0.3, 0.4) is 0 Å². The van der Waals surface area contributed by atoms with Gasteiger partial charge in [-0.05, 0) is 18.6 Å². The third-order valence-corrected chi connectivity index (χ3v) is 1.94. The zero-order valence-electron chi connectivity index (χ0n) is 11.1. The Bertz CT molecular complexity index is 435. The van der Waals surface area contributed by atoms with Gasteiger partial charge in [0.25, 0.3) is 0 Å². The van der Waals surface area contributed by atoms with E-state index in [1.165, 1.54) is 0 Å². The second-order valence-electron chi connectivity index (χ2n) is 2.84. The molecular formula is C12H20BN3. The van der Waals surface area contributed by atoms with Crippen LogP contribution < -0.4 is 5.59 Å². The fraction of sp³-hybridized carbons (Fsp3) is 0.500. The summed E-state index contributed by atoms with van der Waals surface area (Å²) in [5.74, 6) is 0. The van der Waals surface area contributed by atoms with Gasteiger partial charge < -0.3 is 0 Å². The number of pyridine rings is 1. The number of nitrogens with zero attached hydrogens (tertiary/aromatic N) is 3. The van der Waals surface area contributed by atoms with E-state index >= 15 is 0 Å². The molecule has 0 aromatic carbocycles. The summed E-state index contributed by atoms with van der Waals surface area (Å²) in [4.78, 5) is 4.01. The van der Waals surface area contributed by atoms with E-state index in [9.17, 15) is 0 Å². The first-order valence-corrected chi connectivity index (χ1v) is 5.73. The van der Waals surface area contributed by atoms with E-state index in [4.69, 9.17) is 7.85 Å². The van der Waals surface area contributed by atoms with Crippen molar-refractivity contribution in [2.75, 3.05) is 0 Å². The standard InChI is InChI=1S/C8H8BN3.2C2H6/c1-5-6-4-10-8(9)3-7(6)12(2)11-5;2*1-2/h3-4H,1-2H3;2*1-2H3. The molecule has 0 bridgehead atoms. The minimum Gasteiger partial charge on any atom is -0.272 e. The van der Waals surface area contributed by atoms with Gasteiger partial charge in [-0.25, -0.2) is 0 Å². The van der Waals surface area contributed by atoms with Crippen LogP contribution in [0.5, 0.6) is 0 Å². The summed E-state index contributed by atoms with van der Waals surface area (Å²) >= 11 is 0. The van der Waals surface area contributed by atoms with Crippen molar-refractivity contribution in [1.82, 2.24) is 14.8 Å². The molecule has 2 heterocycles. The first-order valence-electron chi connectivity index (χ1n) is 5.73. The van der Waals surface area contributed by atoms with Gasteiger partial charge in [0.2, 0.25) is 0 Å². The van der Waals surface area contributed by atoms with E-state index in [0.29, 0.717) is 5.59 Å². The lowest BCUT2D eigenvalue weighted by molar-refractivity contribution is 0.783. The fourth-order valence-corrected chi connectivity index (χ4v) is 1.34. The second kappa shape index (κ2) is 7.04. The summed E-state index contributed by atoms with van der Waals surface area (Å²) in [6.45, 7) is 9.96. The summed E-state index contributed by atoms with van der Waals surface area (Å²) in [6.07, 6.45) is 1.76. The molecule has 0 aliphatic carbocycles. The molecule has 0 spiro atoms. The minimum absolute atomic E-state index is 0.533. The first kappa shape index (κ1) is 14.7. The van der Waals surface area contributed by atoms with Crippen molar-refractivity contribution in [3.63, 3.8) is 0 Å². The molecule has 0 amide bonds. The minimum atomic E-state index is 0.533. The summed E-state index contributed by atoms with van der Waals surface area (Å²) in [5.41, 5.74) is 2.55. The maximum Gasteiger partial charge on any atom is 0.141 e. The van der Waals surface area contributed by atoms with E-state index < -0.39 is 0 Å². The lowest BCUT2D eigenvalue weighted by atomic mass is 10.0. The van der Waals surface area contributed by atoms with Crippen LogP contribution in [-0.4, -0.2) is 22.6 Å². The van der Waals surface area contributed by atoms with E-state index in [2.05, 4.69) is 10.1 Å². The lowest BCUT2D eigenvalue weighted by Crippen LogP contribution is -2.06. The van der Waals surface area contributed by atoms with Gasteiger partial charge in [0.15, 0.2) is 0 Å². The molecular weight excluding hydrogens is 197 g/mol. The Hall–Kier alpha value is -1.32. The largest absolute Gasteiger partial charge is 0.272 e. The van der Waals surface area contributed by atoms with E-state index in [1.54, 1.807) is 6.20 Å². The van der Waals surface area contributed by atoms with Crippen LogP contribution in [0.1, 0.15) is 33.4 Å². The highest BCUT2D eigenvalue weighted by Crippen LogP contribution is 2.13. The molecule has 0 N–H and O–H groups in total. The molecule has 0 unspecified atom stereocenters. The Morgan fingerprint density at radius 3 is 2.31 bits per heavy atom. The third-order valence-electron chi connectivity index (χ3n) is 1.94. The first-order chi connectivity index (χ1) is 7.68. The Balaban J connectivity index is 0.000000509. The number of rotatable bonds is 0. The molecule has 16 heavy (non-hydrogen) atoms. The van der Waals surface area contributed by atoms with Crippen molar-refractivity contribution in [1.29, 1.82) is 0 Å². The molecule has 3 nitrogen and oxygen atoms in total. The molecule has 0 saturated heterocycles. The van der Waals surface area contributed by atoms with Crippen LogP contribution in [0, 0.1) is 6.92 Å². The molecule has 0 aliphatic rings. The number of aryl methyl sites for hydroxylation is 2. The smallest absolute Gasteiger partial charge is 0.141 e. The van der Waals surface area contributed by atoms with Gasteiger partial charge in [0.1, 0.15) is 7.85 Å². The average molecular weight is 217 g/mol. The summed E-state index contributed by atoms with van der Waals surface area (Å²) < 4.78 is 1.81. The van der Waals surface area contributed by atoms with Gasteiger partial charge in [0, 0.05) is 18.6 Å². The van der Waals surface area contributed by atoms with Gasteiger partial charge in [0.05, 0.1) is 11.2 Å². The summed E-state index contributed by atoms with van der Waals surface area (Å²) in [6, 6.07) is 1.83. The normalized spacial score (nSPS) is 8.88. The maximum atomic E-state index is 5.55. The Morgan fingerprint density at radius 2 is 1.75 bits per heavy atom. The molecule has 4 heteroatoms. The lowest BCUT2D eigenvalue weighted by Gasteiger charge is -1.94. The Labute approximate surface area is 99.3 Å². The third kappa shape index (κ3) is 3.09. The zero-order chi connectivity index (χ0) is 12.7. The monoisotopic (exact) mass is 217 g/mol. The van der Waals surface area contributed by atoms with Crippen molar-refractivity contribution >= 4 is 24.3 Å². The zero-order valence-corrected chi connectivity index (χ0v) is 11.1. The van der Waals surface area contributed by atoms with Crippen LogP contribution in [-0.2, 0) is 7.05 Å². The van der Waals surface area contributed by atoms with Crippen molar-refractivity contribution in [2.45, 2.75) is 34.6 Å². The highest BCUT2D eigenvalue weighted by Gasteiger charge is 2.03. The number of hydrogen-bond donors (Lipinski definition) is 0. The van der Waals surface area contributed by atoms with Gasteiger partial charge in [-0.1, -0.05) is 27.7 Å². The van der Waals surface area contributed by atoms with Crippen molar-refractivity contribution < 1.29 is 0 Å². The molecule has 2 radical (unpaired) electrons. The van der Waals surface area contributed by atoms with Crippen LogP contribution in [0.2, 0.25) is 0 Å². The summed E-state index contributed by atoms with van der Waals surface area (Å²) in [5, 5.41) is 5.31. The maximum absolute atomic E-state index is 5.55. The SMILES string of the molecule is CC.CC.[B]c1cc2c(cn1)c(C)nn2C. The Morgan fingerprint density at radius 1 is 1.19 bits per heavy atom. The van der Waals surface area contributed by atoms with Gasteiger partial charge >= 0.3 is 0 Å². The number of fused-ring (bicyclic) bond motifs is 1. The molecule has 0 aliphatic heterocycles. The predicted molar refractivity (Wildman–Crippen MR) is 71.3 cm³/mol. The topological polar surface area (TPSA) is 30.7 Å². The van der Waals surface area contributed by atoms with Crippen molar-refractivity contribution in [3.8, 4) is 0 Å². The number of hydrogen-bond acceptors (Lipinski definition) is 2. The van der Waals surface area contributed by atoms with Gasteiger partial charge in [-0.3, -0.25) is 9.67 Å². The molecule has 2 aromatic heterocycles. The van der Waals surface area contributed by atoms with E-state index in [1.807, 2.05) is 52.4 Å². The van der Waals surface area contributed by atoms with Gasteiger partial charge in [-0.2, -0.15) is 5.10 Å². The van der Waals surface area contributed by atoms with E-state index in [-0.39, 0.29) is 0 Å². The van der Waals surface area contributed by atoms with Crippen LogP contribution in [0.4, 0.5) is 0 Å². The molecule has 86 valence electrons. The predicted octanol–water partition coefficient (Wildman–Crippen LogP) is 2.12. The number of aromatic nitrogens is 3. The summed E-state index contributed by atoms with van der Waals surface area (Å²) in [7, 11) is 7.45. The fourth-order valence-electron chi connectivity index (χ4n) is 1.34. The molecule has 0 fully saturated rings. The highest BCUT2D eigenvalue weighted by molar-refractivity contribution is 6.31. The molecule has 2 rings (SSSR count). The van der Waals surface area contributed by atoms with Crippen molar-refractivity contribution in [2.24, 2.45) is 7.05 Å². The molecule has 2 aromatic rings. The molecule has 0 atom stereocenters. The molecule has 0 saturated carbocycles. The van der Waals surface area contributed by atoms with Crippen molar-refractivity contribution in [3.05, 3.63) is 18.0 Å². The highest BCUT2D eigenvalue weighted by atomic mass is 15.3. The Kier molecular flexibility index (Phi) is 6.46.